The lowest BCUT2D eigenvalue weighted by atomic mass is 10.1. The topological polar surface area (TPSA) is 63.8 Å². The van der Waals surface area contributed by atoms with Crippen molar-refractivity contribution in [3.8, 4) is 5.75 Å². The summed E-state index contributed by atoms with van der Waals surface area (Å²) in [6.45, 7) is 6.12. The van der Waals surface area contributed by atoms with Crippen LogP contribution in [0.3, 0.4) is 0 Å². The van der Waals surface area contributed by atoms with Crippen molar-refractivity contribution < 1.29 is 14.6 Å². The van der Waals surface area contributed by atoms with Gasteiger partial charge in [-0.05, 0) is 38.0 Å². The van der Waals surface area contributed by atoms with Gasteiger partial charge in [-0.15, -0.1) is 0 Å². The summed E-state index contributed by atoms with van der Waals surface area (Å²) in [4.78, 5) is 16.6. The van der Waals surface area contributed by atoms with Gasteiger partial charge in [0.15, 0.2) is 4.96 Å². The fourth-order valence-electron chi connectivity index (χ4n) is 2.39. The maximum Gasteiger partial charge on any atom is 0.347 e. The third-order valence-electron chi connectivity index (χ3n) is 3.74. The van der Waals surface area contributed by atoms with E-state index >= 15 is 0 Å². The van der Waals surface area contributed by atoms with E-state index in [1.807, 2.05) is 43.4 Å². The zero-order valence-corrected chi connectivity index (χ0v) is 13.4. The molecule has 0 saturated carbocycles. The third kappa shape index (κ3) is 2.35. The van der Waals surface area contributed by atoms with Gasteiger partial charge in [0.05, 0.1) is 5.69 Å². The molecule has 0 saturated heterocycles. The highest BCUT2D eigenvalue weighted by Crippen LogP contribution is 2.27. The first-order chi connectivity index (χ1) is 10.5. The monoisotopic (exact) mass is 316 g/mol. The van der Waals surface area contributed by atoms with Crippen molar-refractivity contribution in [1.82, 2.24) is 9.38 Å². The molecule has 3 aromatic rings. The first kappa shape index (κ1) is 14.6. The van der Waals surface area contributed by atoms with Crippen LogP contribution in [0.5, 0.6) is 5.75 Å². The minimum absolute atomic E-state index is 0.198. The van der Waals surface area contributed by atoms with Crippen LogP contribution in [-0.2, 0) is 6.61 Å². The molecule has 5 nitrogen and oxygen atoms in total. The number of aromatic nitrogens is 2. The van der Waals surface area contributed by atoms with E-state index in [1.54, 1.807) is 6.20 Å². The predicted molar refractivity (Wildman–Crippen MR) is 85.0 cm³/mol. The molecule has 1 N–H and O–H groups in total. The number of aryl methyl sites for hydroxylation is 2. The molecule has 0 aliphatic carbocycles. The first-order valence-corrected chi connectivity index (χ1v) is 7.68. The summed E-state index contributed by atoms with van der Waals surface area (Å²) in [7, 11) is 0. The highest BCUT2D eigenvalue weighted by atomic mass is 32.1. The maximum atomic E-state index is 11.4. The Bertz CT molecular complexity index is 864. The van der Waals surface area contributed by atoms with Gasteiger partial charge < -0.3 is 9.84 Å². The molecule has 114 valence electrons. The molecule has 0 amide bonds. The number of rotatable bonds is 4. The molecule has 0 aliphatic heterocycles. The van der Waals surface area contributed by atoms with Crippen LogP contribution < -0.4 is 4.74 Å². The summed E-state index contributed by atoms with van der Waals surface area (Å²) in [5.74, 6) is -0.178. The average Bonchev–Trinajstić information content (AvgIpc) is 3.01. The number of hydrogen-bond acceptors (Lipinski definition) is 4. The normalized spacial score (nSPS) is 11.0. The van der Waals surface area contributed by atoms with Crippen molar-refractivity contribution in [3.05, 3.63) is 51.8 Å². The summed E-state index contributed by atoms with van der Waals surface area (Å²) in [6, 6.07) is 5.85. The molecule has 6 heteroatoms. The van der Waals surface area contributed by atoms with Crippen LogP contribution in [0.15, 0.2) is 24.4 Å². The Kier molecular flexibility index (Phi) is 3.62. The average molecular weight is 316 g/mol. The Morgan fingerprint density at radius 2 is 2.14 bits per heavy atom. The lowest BCUT2D eigenvalue weighted by Crippen LogP contribution is -2.07. The van der Waals surface area contributed by atoms with Crippen LogP contribution in [0.2, 0.25) is 0 Å². The minimum Gasteiger partial charge on any atom is -0.487 e. The van der Waals surface area contributed by atoms with Crippen molar-refractivity contribution in [2.75, 3.05) is 0 Å². The molecular weight excluding hydrogens is 300 g/mol. The lowest BCUT2D eigenvalue weighted by molar-refractivity contribution is 0.0698. The van der Waals surface area contributed by atoms with Crippen molar-refractivity contribution >= 4 is 22.3 Å². The Hall–Kier alpha value is -2.34. The van der Waals surface area contributed by atoms with Gasteiger partial charge in [0, 0.05) is 11.9 Å². The largest absolute Gasteiger partial charge is 0.487 e. The molecule has 22 heavy (non-hydrogen) atoms. The maximum absolute atomic E-state index is 11.4. The number of imidazole rings is 1. The Balaban J connectivity index is 1.99. The molecule has 0 bridgehead atoms. The molecule has 0 fully saturated rings. The van der Waals surface area contributed by atoms with E-state index in [0.717, 1.165) is 22.6 Å². The molecule has 3 rings (SSSR count). The lowest BCUT2D eigenvalue weighted by Gasteiger charge is -2.11. The van der Waals surface area contributed by atoms with Crippen LogP contribution in [0.4, 0.5) is 0 Å². The second-order valence-corrected chi connectivity index (χ2v) is 6.16. The van der Waals surface area contributed by atoms with Gasteiger partial charge in [0.2, 0.25) is 0 Å². The zero-order chi connectivity index (χ0) is 15.9. The second kappa shape index (κ2) is 5.46. The van der Waals surface area contributed by atoms with Gasteiger partial charge in [-0.3, -0.25) is 4.40 Å². The van der Waals surface area contributed by atoms with Gasteiger partial charge in [0.1, 0.15) is 17.2 Å². The molecule has 1 aromatic carbocycles. The van der Waals surface area contributed by atoms with Crippen LogP contribution in [0.25, 0.3) is 4.96 Å². The number of aromatic carboxylic acids is 1. The third-order valence-corrected chi connectivity index (χ3v) is 4.83. The smallest absolute Gasteiger partial charge is 0.347 e. The number of benzene rings is 1. The molecule has 2 aromatic heterocycles. The number of thiazole rings is 1. The molecule has 0 spiro atoms. The fraction of sp³-hybridized carbons (Fsp3) is 0.250. The van der Waals surface area contributed by atoms with Crippen LogP contribution in [-0.4, -0.2) is 20.5 Å². The Morgan fingerprint density at radius 3 is 2.86 bits per heavy atom. The van der Waals surface area contributed by atoms with E-state index in [4.69, 9.17) is 4.74 Å². The van der Waals surface area contributed by atoms with Gasteiger partial charge in [-0.2, -0.15) is 0 Å². The van der Waals surface area contributed by atoms with E-state index in [2.05, 4.69) is 4.98 Å². The molecule has 0 radical (unpaired) electrons. The summed E-state index contributed by atoms with van der Waals surface area (Å²) in [6.07, 6.45) is 1.73. The van der Waals surface area contributed by atoms with Crippen molar-refractivity contribution in [1.29, 1.82) is 0 Å². The molecule has 2 heterocycles. The van der Waals surface area contributed by atoms with Crippen molar-refractivity contribution in [2.45, 2.75) is 27.4 Å². The van der Waals surface area contributed by atoms with E-state index in [-0.39, 0.29) is 11.5 Å². The SMILES string of the molecule is Cc1cccc(OCc2c(C(=O)O)sc3ncc(C)n23)c1C. The second-order valence-electron chi connectivity index (χ2n) is 5.19. The molecular formula is C16H16N2O3S. The number of fused-ring (bicyclic) bond motifs is 1. The Morgan fingerprint density at radius 1 is 1.36 bits per heavy atom. The Labute approximate surface area is 131 Å². The van der Waals surface area contributed by atoms with E-state index in [0.29, 0.717) is 10.7 Å². The van der Waals surface area contributed by atoms with Crippen LogP contribution in [0.1, 0.15) is 32.2 Å². The van der Waals surface area contributed by atoms with Gasteiger partial charge in [0.25, 0.3) is 0 Å². The van der Waals surface area contributed by atoms with Gasteiger partial charge in [-0.1, -0.05) is 23.5 Å². The highest BCUT2D eigenvalue weighted by Gasteiger charge is 2.20. The number of ether oxygens (including phenoxy) is 1. The van der Waals surface area contributed by atoms with E-state index in [1.165, 1.54) is 11.3 Å². The molecule has 0 unspecified atom stereocenters. The number of carboxylic acids is 1. The predicted octanol–water partition coefficient (Wildman–Crippen LogP) is 3.60. The quantitative estimate of drug-likeness (QED) is 0.799. The summed E-state index contributed by atoms with van der Waals surface area (Å²) >= 11 is 1.17. The number of carbonyl (C=O) groups is 1. The number of carboxylic acid groups (broad SMARTS) is 1. The first-order valence-electron chi connectivity index (χ1n) is 6.87. The van der Waals surface area contributed by atoms with Gasteiger partial charge in [-0.25, -0.2) is 9.78 Å². The zero-order valence-electron chi connectivity index (χ0n) is 12.6. The summed E-state index contributed by atoms with van der Waals surface area (Å²) in [5.41, 5.74) is 3.74. The highest BCUT2D eigenvalue weighted by molar-refractivity contribution is 7.19. The van der Waals surface area contributed by atoms with Crippen LogP contribution >= 0.6 is 11.3 Å². The summed E-state index contributed by atoms with van der Waals surface area (Å²) < 4.78 is 7.73. The van der Waals surface area contributed by atoms with Crippen molar-refractivity contribution in [2.24, 2.45) is 0 Å². The number of hydrogen-bond donors (Lipinski definition) is 1. The summed E-state index contributed by atoms with van der Waals surface area (Å²) in [5, 5.41) is 9.39. The van der Waals surface area contributed by atoms with Crippen LogP contribution in [0, 0.1) is 20.8 Å². The molecule has 0 aliphatic rings. The standard InChI is InChI=1S/C16H16N2O3S/c1-9-5-4-6-13(11(9)3)21-8-12-14(15(19)20)22-16-17-7-10(2)18(12)16/h4-7H,8H2,1-3H3,(H,19,20). The van der Waals surface area contributed by atoms with E-state index in [9.17, 15) is 9.90 Å². The minimum atomic E-state index is -0.950. The van der Waals surface area contributed by atoms with E-state index < -0.39 is 5.97 Å². The number of nitrogens with zero attached hydrogens (tertiary/aromatic N) is 2. The van der Waals surface area contributed by atoms with Gasteiger partial charge >= 0.3 is 5.97 Å². The fourth-order valence-corrected chi connectivity index (χ4v) is 3.38. The molecule has 0 atom stereocenters. The van der Waals surface area contributed by atoms with Crippen molar-refractivity contribution in [3.63, 3.8) is 0 Å².